The van der Waals surface area contributed by atoms with E-state index in [-0.39, 0.29) is 30.2 Å². The number of ether oxygens (including phenoxy) is 2. The molecule has 32 heavy (non-hydrogen) atoms. The fourth-order valence-corrected chi connectivity index (χ4v) is 3.31. The van der Waals surface area contributed by atoms with Crippen molar-refractivity contribution in [1.29, 1.82) is 0 Å². The topological polar surface area (TPSA) is 60.7 Å². The molecule has 0 saturated carbocycles. The second-order valence-electron chi connectivity index (χ2n) is 6.93. The molecule has 3 aromatic carbocycles. The van der Waals surface area contributed by atoms with Crippen molar-refractivity contribution in [2.24, 2.45) is 0 Å². The smallest absolute Gasteiger partial charge is 0.488 e. The lowest BCUT2D eigenvalue weighted by atomic mass is 10.1. The van der Waals surface area contributed by atoms with Gasteiger partial charge in [0, 0.05) is 34.3 Å². The summed E-state index contributed by atoms with van der Waals surface area (Å²) in [7, 11) is 0. The molecule has 0 aliphatic rings. The zero-order valence-corrected chi connectivity index (χ0v) is 16.3. The molecule has 0 unspecified atom stereocenters. The molecule has 1 heterocycles. The van der Waals surface area contributed by atoms with Gasteiger partial charge in [0.1, 0.15) is 29.7 Å². The van der Waals surface area contributed by atoms with E-state index >= 15 is 0 Å². The highest BCUT2D eigenvalue weighted by molar-refractivity contribution is 5.82. The number of nitrogens with zero attached hydrogens (tertiary/aromatic N) is 1. The van der Waals surface area contributed by atoms with E-state index in [9.17, 15) is 22.4 Å². The predicted molar refractivity (Wildman–Crippen MR) is 107 cm³/mol. The molecule has 0 radical (unpaired) electrons. The Morgan fingerprint density at radius 3 is 2.44 bits per heavy atom. The van der Waals surface area contributed by atoms with Gasteiger partial charge in [-0.25, -0.2) is 22.4 Å². The van der Waals surface area contributed by atoms with Gasteiger partial charge in [-0.3, -0.25) is 0 Å². The van der Waals surface area contributed by atoms with Crippen LogP contribution in [-0.2, 0) is 13.2 Å². The maximum absolute atomic E-state index is 13.9. The Balaban J connectivity index is 1.59. The molecule has 0 aliphatic carbocycles. The van der Waals surface area contributed by atoms with E-state index in [2.05, 4.69) is 4.74 Å². The number of hydrogen-bond donors (Lipinski definition) is 1. The van der Waals surface area contributed by atoms with Gasteiger partial charge in [-0.15, -0.1) is 0 Å². The zero-order valence-electron chi connectivity index (χ0n) is 16.3. The molecule has 1 aromatic heterocycles. The Labute approximate surface area is 179 Å². The van der Waals surface area contributed by atoms with Crippen molar-refractivity contribution in [3.63, 3.8) is 0 Å². The normalized spacial score (nSPS) is 11.0. The number of rotatable bonds is 6. The summed E-state index contributed by atoms with van der Waals surface area (Å²) in [6, 6.07) is 11.4. The Bertz CT molecular complexity index is 1320. The van der Waals surface area contributed by atoms with E-state index in [1.54, 1.807) is 29.0 Å². The highest BCUT2D eigenvalue weighted by Gasteiger charge is 2.13. The minimum Gasteiger partial charge on any atom is -0.488 e. The van der Waals surface area contributed by atoms with E-state index in [0.29, 0.717) is 23.1 Å². The number of benzene rings is 3. The number of carbonyl (C=O) groups is 1. The molecule has 0 amide bonds. The van der Waals surface area contributed by atoms with Gasteiger partial charge in [0.2, 0.25) is 0 Å². The van der Waals surface area contributed by atoms with Gasteiger partial charge in [-0.05, 0) is 48.5 Å². The Kier molecular flexibility index (Phi) is 5.72. The van der Waals surface area contributed by atoms with E-state index in [0.717, 1.165) is 5.52 Å². The first-order chi connectivity index (χ1) is 15.3. The molecule has 1 N–H and O–H groups in total. The lowest BCUT2D eigenvalue weighted by molar-refractivity contribution is 0.144. The van der Waals surface area contributed by atoms with Crippen molar-refractivity contribution in [3.05, 3.63) is 95.2 Å². The van der Waals surface area contributed by atoms with Crippen molar-refractivity contribution in [2.45, 2.75) is 13.2 Å². The monoisotopic (exact) mass is 445 g/mol. The highest BCUT2D eigenvalue weighted by atomic mass is 19.2. The first-order valence-corrected chi connectivity index (χ1v) is 9.34. The molecule has 0 spiro atoms. The third kappa shape index (κ3) is 4.51. The molecule has 0 atom stereocenters. The summed E-state index contributed by atoms with van der Waals surface area (Å²) in [6.45, 7) is -0.208. The molecule has 4 rings (SSSR count). The van der Waals surface area contributed by atoms with Crippen LogP contribution in [0.1, 0.15) is 11.1 Å². The Hall–Kier alpha value is -4.01. The summed E-state index contributed by atoms with van der Waals surface area (Å²) >= 11 is 0. The van der Waals surface area contributed by atoms with Crippen LogP contribution < -0.4 is 9.47 Å². The van der Waals surface area contributed by atoms with E-state index in [4.69, 9.17) is 9.84 Å². The van der Waals surface area contributed by atoms with Crippen LogP contribution in [0.4, 0.5) is 22.4 Å². The Morgan fingerprint density at radius 1 is 0.875 bits per heavy atom. The number of aromatic nitrogens is 1. The Morgan fingerprint density at radius 2 is 1.66 bits per heavy atom. The van der Waals surface area contributed by atoms with Crippen LogP contribution >= 0.6 is 0 Å². The van der Waals surface area contributed by atoms with Gasteiger partial charge in [-0.2, -0.15) is 0 Å². The van der Waals surface area contributed by atoms with Crippen LogP contribution in [0.15, 0.2) is 60.8 Å². The number of hydrogen-bond acceptors (Lipinski definition) is 3. The van der Waals surface area contributed by atoms with Crippen LogP contribution in [0, 0.1) is 23.3 Å². The summed E-state index contributed by atoms with van der Waals surface area (Å²) in [6.07, 6.45) is 0.293. The van der Waals surface area contributed by atoms with E-state index < -0.39 is 29.4 Å². The summed E-state index contributed by atoms with van der Waals surface area (Å²) in [5.41, 5.74) is 0.970. The summed E-state index contributed by atoms with van der Waals surface area (Å²) in [5, 5.41) is 9.44. The van der Waals surface area contributed by atoms with Crippen molar-refractivity contribution < 1.29 is 36.9 Å². The van der Waals surface area contributed by atoms with Gasteiger partial charge < -0.3 is 19.1 Å². The minimum absolute atomic E-state index is 0.158. The van der Waals surface area contributed by atoms with Crippen molar-refractivity contribution in [1.82, 2.24) is 4.57 Å². The van der Waals surface area contributed by atoms with Gasteiger partial charge in [0.25, 0.3) is 0 Å². The zero-order chi connectivity index (χ0) is 22.8. The maximum Gasteiger partial charge on any atom is 0.511 e. The SMILES string of the molecule is O=C(O)Oc1ccc2c(ccn2Cc2cc(F)ccc2OCc2cc(F)c(F)cc2F)c1. The third-order valence-corrected chi connectivity index (χ3v) is 4.78. The standard InChI is InChI=1S/C23H15F4NO4/c24-16-1-4-22(31-12-15-9-19(26)20(27)10-18(15)25)14(7-16)11-28-6-5-13-8-17(32-23(29)30)2-3-21(13)28/h1-10H,11-12H2,(H,29,30). The third-order valence-electron chi connectivity index (χ3n) is 4.78. The first kappa shape index (κ1) is 21.2. The first-order valence-electron chi connectivity index (χ1n) is 9.34. The second-order valence-corrected chi connectivity index (χ2v) is 6.93. The number of halogens is 4. The molecule has 0 saturated heterocycles. The van der Waals surface area contributed by atoms with E-state index in [1.807, 2.05) is 0 Å². The number of carboxylic acid groups (broad SMARTS) is 1. The molecule has 5 nitrogen and oxygen atoms in total. The van der Waals surface area contributed by atoms with Crippen molar-refractivity contribution in [2.75, 3.05) is 0 Å². The quantitative estimate of drug-likeness (QED) is 0.174. The summed E-state index contributed by atoms with van der Waals surface area (Å²) in [4.78, 5) is 10.7. The fourth-order valence-electron chi connectivity index (χ4n) is 3.31. The van der Waals surface area contributed by atoms with Crippen LogP contribution in [0.5, 0.6) is 11.5 Å². The summed E-state index contributed by atoms with van der Waals surface area (Å²) in [5.74, 6) is -3.57. The highest BCUT2D eigenvalue weighted by Crippen LogP contribution is 2.27. The molecule has 0 bridgehead atoms. The molecular formula is C23H15F4NO4. The average molecular weight is 445 g/mol. The summed E-state index contributed by atoms with van der Waals surface area (Å²) < 4.78 is 66.3. The molecule has 4 aromatic rings. The average Bonchev–Trinajstić information content (AvgIpc) is 3.12. The van der Waals surface area contributed by atoms with Crippen LogP contribution in [0.3, 0.4) is 0 Å². The number of fused-ring (bicyclic) bond motifs is 1. The van der Waals surface area contributed by atoms with Crippen molar-refractivity contribution >= 4 is 17.1 Å². The van der Waals surface area contributed by atoms with Gasteiger partial charge in [0.15, 0.2) is 11.6 Å². The van der Waals surface area contributed by atoms with Crippen LogP contribution in [0.2, 0.25) is 0 Å². The van der Waals surface area contributed by atoms with Crippen LogP contribution in [-0.4, -0.2) is 15.8 Å². The van der Waals surface area contributed by atoms with E-state index in [1.165, 1.54) is 24.3 Å². The van der Waals surface area contributed by atoms with Gasteiger partial charge >= 0.3 is 6.16 Å². The largest absolute Gasteiger partial charge is 0.511 e. The maximum atomic E-state index is 13.9. The fraction of sp³-hybridized carbons (Fsp3) is 0.0870. The van der Waals surface area contributed by atoms with Gasteiger partial charge in [-0.1, -0.05) is 0 Å². The van der Waals surface area contributed by atoms with Crippen LogP contribution in [0.25, 0.3) is 10.9 Å². The molecule has 9 heteroatoms. The lowest BCUT2D eigenvalue weighted by Crippen LogP contribution is -2.05. The molecule has 164 valence electrons. The van der Waals surface area contributed by atoms with Crippen molar-refractivity contribution in [3.8, 4) is 11.5 Å². The molecular weight excluding hydrogens is 430 g/mol. The lowest BCUT2D eigenvalue weighted by Gasteiger charge is -2.14. The second kappa shape index (κ2) is 8.62. The minimum atomic E-state index is -1.43. The molecule has 0 aliphatic heterocycles. The predicted octanol–water partition coefficient (Wildman–Crippen LogP) is 5.88. The van der Waals surface area contributed by atoms with Gasteiger partial charge in [0.05, 0.1) is 6.54 Å². The molecule has 0 fully saturated rings.